The molecule has 0 saturated carbocycles. The zero-order valence-corrected chi connectivity index (χ0v) is 16.5. The number of hydrogen-bond acceptors (Lipinski definition) is 2. The van der Waals surface area contributed by atoms with Crippen LogP contribution in [0.1, 0.15) is 23.5 Å². The Labute approximate surface area is 175 Å². The number of rotatable bonds is 6. The first-order valence-corrected chi connectivity index (χ1v) is 10.1. The maximum atomic E-state index is 13.2. The summed E-state index contributed by atoms with van der Waals surface area (Å²) in [7, 11) is 0. The molecule has 1 atom stereocenters. The first-order valence-electron chi connectivity index (χ1n) is 10.1. The summed E-state index contributed by atoms with van der Waals surface area (Å²) in [6, 6.07) is 25.9. The Bertz CT molecular complexity index is 967. The molecule has 0 radical (unpaired) electrons. The van der Waals surface area contributed by atoms with Gasteiger partial charge in [-0.15, -0.1) is 0 Å². The Hall–Kier alpha value is -3.47. The summed E-state index contributed by atoms with van der Waals surface area (Å²) >= 11 is 0. The van der Waals surface area contributed by atoms with Gasteiger partial charge in [0.2, 0.25) is 11.8 Å². The first-order chi connectivity index (χ1) is 14.6. The maximum absolute atomic E-state index is 13.2. The number of benzene rings is 3. The molecule has 0 aliphatic carbocycles. The van der Waals surface area contributed by atoms with Crippen LogP contribution in [0.15, 0.2) is 84.9 Å². The van der Waals surface area contributed by atoms with Crippen LogP contribution in [-0.2, 0) is 9.59 Å². The minimum atomic E-state index is -0.422. The number of halogens is 1. The quantitative estimate of drug-likeness (QED) is 0.674. The van der Waals surface area contributed by atoms with Crippen LogP contribution in [0.4, 0.5) is 10.1 Å². The van der Waals surface area contributed by atoms with E-state index in [1.807, 2.05) is 36.4 Å². The molecule has 0 unspecified atom stereocenters. The molecule has 1 saturated heterocycles. The van der Waals surface area contributed by atoms with Gasteiger partial charge < -0.3 is 10.2 Å². The highest BCUT2D eigenvalue weighted by Crippen LogP contribution is 2.27. The van der Waals surface area contributed by atoms with E-state index in [1.165, 1.54) is 12.1 Å². The van der Waals surface area contributed by atoms with Crippen LogP contribution in [0, 0.1) is 11.7 Å². The van der Waals surface area contributed by atoms with Gasteiger partial charge in [0.1, 0.15) is 5.82 Å². The van der Waals surface area contributed by atoms with Gasteiger partial charge in [0.15, 0.2) is 0 Å². The molecule has 0 spiro atoms. The second kappa shape index (κ2) is 8.91. The molecule has 1 N–H and O–H groups in total. The Morgan fingerprint density at radius 2 is 1.50 bits per heavy atom. The topological polar surface area (TPSA) is 49.4 Å². The van der Waals surface area contributed by atoms with E-state index in [2.05, 4.69) is 29.6 Å². The molecular weight excluding hydrogens is 379 g/mol. The van der Waals surface area contributed by atoms with Crippen LogP contribution in [0.5, 0.6) is 0 Å². The third-order valence-electron chi connectivity index (χ3n) is 5.52. The molecule has 3 aromatic rings. The monoisotopic (exact) mass is 402 g/mol. The smallest absolute Gasteiger partial charge is 0.227 e. The number of nitrogens with zero attached hydrogens (tertiary/aromatic N) is 1. The second-order valence-electron chi connectivity index (χ2n) is 7.50. The molecule has 1 heterocycles. The zero-order chi connectivity index (χ0) is 20.9. The highest BCUT2D eigenvalue weighted by Gasteiger charge is 2.35. The fourth-order valence-electron chi connectivity index (χ4n) is 3.90. The van der Waals surface area contributed by atoms with Crippen molar-refractivity contribution in [3.8, 4) is 0 Å². The lowest BCUT2D eigenvalue weighted by atomic mass is 9.91. The molecule has 1 fully saturated rings. The van der Waals surface area contributed by atoms with Gasteiger partial charge in [-0.2, -0.15) is 0 Å². The maximum Gasteiger partial charge on any atom is 0.227 e. The highest BCUT2D eigenvalue weighted by atomic mass is 19.1. The zero-order valence-electron chi connectivity index (χ0n) is 16.5. The third kappa shape index (κ3) is 4.40. The average molecular weight is 402 g/mol. The van der Waals surface area contributed by atoms with Crippen molar-refractivity contribution in [3.05, 3.63) is 102 Å². The Morgan fingerprint density at radius 3 is 2.07 bits per heavy atom. The van der Waals surface area contributed by atoms with Gasteiger partial charge in [-0.25, -0.2) is 4.39 Å². The summed E-state index contributed by atoms with van der Waals surface area (Å²) in [6.45, 7) is 0.756. The van der Waals surface area contributed by atoms with E-state index in [-0.39, 0.29) is 30.0 Å². The molecular formula is C25H23FN2O2. The number of hydrogen-bond donors (Lipinski definition) is 1. The molecule has 1 aliphatic rings. The Kier molecular flexibility index (Phi) is 5.89. The number of carbonyl (C=O) groups is 2. The number of anilines is 1. The molecule has 152 valence electrons. The SMILES string of the molecule is O=C(NCC(c1ccccc1)c1ccccc1)[C@H]1CC(=O)N(c2ccc(F)cc2)C1. The van der Waals surface area contributed by atoms with Gasteiger partial charge in [-0.3, -0.25) is 9.59 Å². The van der Waals surface area contributed by atoms with Crippen molar-refractivity contribution in [2.75, 3.05) is 18.0 Å². The third-order valence-corrected chi connectivity index (χ3v) is 5.52. The van der Waals surface area contributed by atoms with Crippen LogP contribution in [0.25, 0.3) is 0 Å². The molecule has 0 aromatic heterocycles. The van der Waals surface area contributed by atoms with Crippen molar-refractivity contribution in [2.45, 2.75) is 12.3 Å². The second-order valence-corrected chi connectivity index (χ2v) is 7.50. The van der Waals surface area contributed by atoms with Crippen LogP contribution >= 0.6 is 0 Å². The van der Waals surface area contributed by atoms with Gasteiger partial charge in [0, 0.05) is 31.1 Å². The van der Waals surface area contributed by atoms with E-state index in [1.54, 1.807) is 17.0 Å². The fraction of sp³-hybridized carbons (Fsp3) is 0.200. The van der Waals surface area contributed by atoms with Crippen molar-refractivity contribution in [3.63, 3.8) is 0 Å². The van der Waals surface area contributed by atoms with Crippen molar-refractivity contribution in [2.24, 2.45) is 5.92 Å². The molecule has 1 aliphatic heterocycles. The van der Waals surface area contributed by atoms with Crippen LogP contribution in [0.2, 0.25) is 0 Å². The highest BCUT2D eigenvalue weighted by molar-refractivity contribution is 6.00. The van der Waals surface area contributed by atoms with Gasteiger partial charge in [0.25, 0.3) is 0 Å². The lowest BCUT2D eigenvalue weighted by molar-refractivity contribution is -0.126. The van der Waals surface area contributed by atoms with Crippen molar-refractivity contribution >= 4 is 17.5 Å². The van der Waals surface area contributed by atoms with Crippen LogP contribution in [-0.4, -0.2) is 24.9 Å². The van der Waals surface area contributed by atoms with Gasteiger partial charge in [-0.1, -0.05) is 60.7 Å². The van der Waals surface area contributed by atoms with E-state index < -0.39 is 5.92 Å². The van der Waals surface area contributed by atoms with E-state index >= 15 is 0 Å². The molecule has 2 amide bonds. The Balaban J connectivity index is 1.44. The van der Waals surface area contributed by atoms with E-state index in [0.717, 1.165) is 11.1 Å². The predicted octanol–water partition coefficient (Wildman–Crippen LogP) is 4.13. The van der Waals surface area contributed by atoms with Gasteiger partial charge in [0.05, 0.1) is 5.92 Å². The predicted molar refractivity (Wildman–Crippen MR) is 115 cm³/mol. The summed E-state index contributed by atoms with van der Waals surface area (Å²) in [5, 5.41) is 3.05. The number of nitrogens with one attached hydrogen (secondary N) is 1. The summed E-state index contributed by atoms with van der Waals surface area (Å²) < 4.78 is 13.2. The number of carbonyl (C=O) groups excluding carboxylic acids is 2. The van der Waals surface area contributed by atoms with E-state index in [0.29, 0.717) is 18.8 Å². The normalized spacial score (nSPS) is 16.1. The molecule has 30 heavy (non-hydrogen) atoms. The van der Waals surface area contributed by atoms with Gasteiger partial charge in [-0.05, 0) is 35.4 Å². The minimum absolute atomic E-state index is 0.0293. The first kappa shape index (κ1) is 19.8. The standard InChI is InChI=1S/C25H23FN2O2/c26-21-11-13-22(14-12-21)28-17-20(15-24(28)29)25(30)27-16-23(18-7-3-1-4-8-18)19-9-5-2-6-10-19/h1-14,20,23H,15-17H2,(H,27,30)/t20-/m0/s1. The minimum Gasteiger partial charge on any atom is -0.355 e. The molecule has 4 rings (SSSR count). The molecule has 4 nitrogen and oxygen atoms in total. The molecule has 3 aromatic carbocycles. The van der Waals surface area contributed by atoms with Crippen molar-refractivity contribution in [1.82, 2.24) is 5.32 Å². The lowest BCUT2D eigenvalue weighted by Gasteiger charge is -2.20. The van der Waals surface area contributed by atoms with Crippen LogP contribution < -0.4 is 10.2 Å². The summed E-state index contributed by atoms with van der Waals surface area (Å²) in [4.78, 5) is 26.8. The molecule has 0 bridgehead atoms. The number of amides is 2. The Morgan fingerprint density at radius 1 is 0.933 bits per heavy atom. The van der Waals surface area contributed by atoms with Crippen molar-refractivity contribution < 1.29 is 14.0 Å². The summed E-state index contributed by atoms with van der Waals surface area (Å²) in [5.74, 6) is -1.00. The van der Waals surface area contributed by atoms with Gasteiger partial charge >= 0.3 is 0 Å². The fourth-order valence-corrected chi connectivity index (χ4v) is 3.90. The van der Waals surface area contributed by atoms with Crippen LogP contribution in [0.3, 0.4) is 0 Å². The lowest BCUT2D eigenvalue weighted by Crippen LogP contribution is -2.35. The van der Waals surface area contributed by atoms with E-state index in [4.69, 9.17) is 0 Å². The summed E-state index contributed by atoms with van der Waals surface area (Å²) in [5.41, 5.74) is 2.86. The summed E-state index contributed by atoms with van der Waals surface area (Å²) in [6.07, 6.45) is 0.157. The molecule has 5 heteroatoms. The van der Waals surface area contributed by atoms with Crippen molar-refractivity contribution in [1.29, 1.82) is 0 Å². The van der Waals surface area contributed by atoms with E-state index in [9.17, 15) is 14.0 Å². The average Bonchev–Trinajstić information content (AvgIpc) is 3.17. The largest absolute Gasteiger partial charge is 0.355 e.